The lowest BCUT2D eigenvalue weighted by Crippen LogP contribution is -2.13. The maximum absolute atomic E-state index is 12.6. The molecule has 0 saturated heterocycles. The predicted molar refractivity (Wildman–Crippen MR) is 83.8 cm³/mol. The fourth-order valence-electron chi connectivity index (χ4n) is 2.36. The molecule has 0 saturated carbocycles. The van der Waals surface area contributed by atoms with Gasteiger partial charge in [0.15, 0.2) is 0 Å². The highest BCUT2D eigenvalue weighted by molar-refractivity contribution is 5.64. The Kier molecular flexibility index (Phi) is 5.24. The SMILES string of the molecule is CN(C)CCCc1cccc(-c2ccc(C(F)(F)F)cc2)c1. The Morgan fingerprint density at radius 2 is 1.59 bits per heavy atom. The van der Waals surface area contributed by atoms with Crippen LogP contribution in [0.3, 0.4) is 0 Å². The third-order valence-electron chi connectivity index (χ3n) is 3.54. The Morgan fingerprint density at radius 3 is 2.18 bits per heavy atom. The third kappa shape index (κ3) is 4.60. The van der Waals surface area contributed by atoms with Crippen molar-refractivity contribution in [1.82, 2.24) is 4.90 Å². The number of hydrogen-bond donors (Lipinski definition) is 0. The molecule has 0 aliphatic carbocycles. The highest BCUT2D eigenvalue weighted by Crippen LogP contribution is 2.31. The van der Waals surface area contributed by atoms with Crippen molar-refractivity contribution in [3.05, 3.63) is 59.7 Å². The summed E-state index contributed by atoms with van der Waals surface area (Å²) in [6, 6.07) is 13.3. The first-order chi connectivity index (χ1) is 10.4. The molecule has 0 atom stereocenters. The molecule has 2 rings (SSSR count). The summed E-state index contributed by atoms with van der Waals surface area (Å²) in [6.45, 7) is 1.02. The van der Waals surface area contributed by atoms with Gasteiger partial charge in [-0.25, -0.2) is 0 Å². The normalized spacial score (nSPS) is 11.9. The first-order valence-corrected chi connectivity index (χ1v) is 7.27. The van der Waals surface area contributed by atoms with Crippen LogP contribution in [0.5, 0.6) is 0 Å². The van der Waals surface area contributed by atoms with Crippen LogP contribution in [0, 0.1) is 0 Å². The zero-order chi connectivity index (χ0) is 16.2. The van der Waals surface area contributed by atoms with Crippen molar-refractivity contribution in [2.75, 3.05) is 20.6 Å². The fourth-order valence-corrected chi connectivity index (χ4v) is 2.36. The summed E-state index contributed by atoms with van der Waals surface area (Å²) in [6.07, 6.45) is -2.26. The molecule has 2 aromatic carbocycles. The zero-order valence-electron chi connectivity index (χ0n) is 12.8. The van der Waals surface area contributed by atoms with Crippen molar-refractivity contribution >= 4 is 0 Å². The number of nitrogens with zero attached hydrogens (tertiary/aromatic N) is 1. The second kappa shape index (κ2) is 6.97. The van der Waals surface area contributed by atoms with Crippen LogP contribution < -0.4 is 0 Å². The van der Waals surface area contributed by atoms with Gasteiger partial charge in [0.2, 0.25) is 0 Å². The monoisotopic (exact) mass is 307 g/mol. The summed E-state index contributed by atoms with van der Waals surface area (Å²) in [5.41, 5.74) is 2.36. The van der Waals surface area contributed by atoms with E-state index in [4.69, 9.17) is 0 Å². The van der Waals surface area contributed by atoms with Gasteiger partial charge < -0.3 is 4.90 Å². The van der Waals surface area contributed by atoms with E-state index < -0.39 is 11.7 Å². The van der Waals surface area contributed by atoms with E-state index in [1.807, 2.05) is 26.2 Å². The maximum atomic E-state index is 12.6. The molecular formula is C18H20F3N. The van der Waals surface area contributed by atoms with Gasteiger partial charge in [-0.2, -0.15) is 13.2 Å². The first-order valence-electron chi connectivity index (χ1n) is 7.27. The molecule has 0 aliphatic rings. The fraction of sp³-hybridized carbons (Fsp3) is 0.333. The van der Waals surface area contributed by atoms with Crippen LogP contribution in [0.2, 0.25) is 0 Å². The van der Waals surface area contributed by atoms with E-state index in [-0.39, 0.29) is 0 Å². The first kappa shape index (κ1) is 16.6. The lowest BCUT2D eigenvalue weighted by molar-refractivity contribution is -0.137. The Bertz CT molecular complexity index is 600. The predicted octanol–water partition coefficient (Wildman–Crippen LogP) is 4.87. The summed E-state index contributed by atoms with van der Waals surface area (Å²) in [7, 11) is 4.08. The number of hydrogen-bond acceptors (Lipinski definition) is 1. The molecule has 1 nitrogen and oxygen atoms in total. The van der Waals surface area contributed by atoms with Gasteiger partial charge in [0.1, 0.15) is 0 Å². The third-order valence-corrected chi connectivity index (χ3v) is 3.54. The van der Waals surface area contributed by atoms with Crippen molar-refractivity contribution in [3.63, 3.8) is 0 Å². The van der Waals surface area contributed by atoms with Gasteiger partial charge in [0.25, 0.3) is 0 Å². The molecular weight excluding hydrogens is 287 g/mol. The Hall–Kier alpha value is -1.81. The molecule has 0 aromatic heterocycles. The summed E-state index contributed by atoms with van der Waals surface area (Å²) < 4.78 is 37.8. The molecule has 0 radical (unpaired) electrons. The van der Waals surface area contributed by atoms with Crippen molar-refractivity contribution in [1.29, 1.82) is 0 Å². The van der Waals surface area contributed by atoms with Gasteiger partial charge in [-0.3, -0.25) is 0 Å². The van der Waals surface area contributed by atoms with E-state index >= 15 is 0 Å². The molecule has 0 bridgehead atoms. The van der Waals surface area contributed by atoms with Crippen LogP contribution in [-0.4, -0.2) is 25.5 Å². The van der Waals surface area contributed by atoms with E-state index in [9.17, 15) is 13.2 Å². The lowest BCUT2D eigenvalue weighted by Gasteiger charge is -2.10. The number of alkyl halides is 3. The number of benzene rings is 2. The summed E-state index contributed by atoms with van der Waals surface area (Å²) in [5, 5.41) is 0. The van der Waals surface area contributed by atoms with Crippen LogP contribution >= 0.6 is 0 Å². The van der Waals surface area contributed by atoms with Gasteiger partial charge in [-0.1, -0.05) is 36.4 Å². The van der Waals surface area contributed by atoms with E-state index in [2.05, 4.69) is 17.0 Å². The van der Waals surface area contributed by atoms with Crippen molar-refractivity contribution in [2.24, 2.45) is 0 Å². The van der Waals surface area contributed by atoms with Gasteiger partial charge in [-0.05, 0) is 62.3 Å². The molecule has 0 heterocycles. The number of rotatable bonds is 5. The van der Waals surface area contributed by atoms with Crippen molar-refractivity contribution in [2.45, 2.75) is 19.0 Å². The zero-order valence-corrected chi connectivity index (χ0v) is 12.8. The lowest BCUT2D eigenvalue weighted by atomic mass is 10.00. The highest BCUT2D eigenvalue weighted by atomic mass is 19.4. The molecule has 2 aromatic rings. The topological polar surface area (TPSA) is 3.24 Å². The van der Waals surface area contributed by atoms with E-state index in [1.165, 1.54) is 17.7 Å². The standard InChI is InChI=1S/C18H20F3N/c1-22(2)12-4-6-14-5-3-7-16(13-14)15-8-10-17(11-9-15)18(19,20)21/h3,5,7-11,13H,4,6,12H2,1-2H3. The summed E-state index contributed by atoms with van der Waals surface area (Å²) >= 11 is 0. The van der Waals surface area contributed by atoms with Crippen LogP contribution in [0.25, 0.3) is 11.1 Å². The van der Waals surface area contributed by atoms with E-state index in [0.717, 1.165) is 42.6 Å². The smallest absolute Gasteiger partial charge is 0.309 e. The number of halogens is 3. The molecule has 0 aliphatic heterocycles. The van der Waals surface area contributed by atoms with Gasteiger partial charge in [-0.15, -0.1) is 0 Å². The molecule has 0 spiro atoms. The molecule has 0 amide bonds. The second-order valence-electron chi connectivity index (χ2n) is 5.68. The minimum absolute atomic E-state index is 0.613. The van der Waals surface area contributed by atoms with Crippen LogP contribution in [0.4, 0.5) is 13.2 Å². The molecule has 4 heteroatoms. The van der Waals surface area contributed by atoms with Crippen molar-refractivity contribution < 1.29 is 13.2 Å². The Balaban J connectivity index is 2.12. The quantitative estimate of drug-likeness (QED) is 0.762. The molecule has 22 heavy (non-hydrogen) atoms. The van der Waals surface area contributed by atoms with E-state index in [0.29, 0.717) is 0 Å². The van der Waals surface area contributed by atoms with Crippen molar-refractivity contribution in [3.8, 4) is 11.1 Å². The van der Waals surface area contributed by atoms with Crippen LogP contribution in [0.15, 0.2) is 48.5 Å². The van der Waals surface area contributed by atoms with E-state index in [1.54, 1.807) is 0 Å². The summed E-state index contributed by atoms with van der Waals surface area (Å²) in [4.78, 5) is 2.14. The second-order valence-corrected chi connectivity index (χ2v) is 5.68. The molecule has 118 valence electrons. The average Bonchev–Trinajstić information content (AvgIpc) is 2.46. The minimum Gasteiger partial charge on any atom is -0.309 e. The average molecular weight is 307 g/mol. The summed E-state index contributed by atoms with van der Waals surface area (Å²) in [5.74, 6) is 0. The van der Waals surface area contributed by atoms with Gasteiger partial charge >= 0.3 is 6.18 Å². The largest absolute Gasteiger partial charge is 0.416 e. The van der Waals surface area contributed by atoms with Crippen LogP contribution in [0.1, 0.15) is 17.5 Å². The Labute approximate surface area is 129 Å². The molecule has 0 N–H and O–H groups in total. The van der Waals surface area contributed by atoms with Gasteiger partial charge in [0.05, 0.1) is 5.56 Å². The highest BCUT2D eigenvalue weighted by Gasteiger charge is 2.29. The maximum Gasteiger partial charge on any atom is 0.416 e. The molecule has 0 fully saturated rings. The molecule has 0 unspecified atom stereocenters. The minimum atomic E-state index is -4.29. The number of aryl methyl sites for hydroxylation is 1. The van der Waals surface area contributed by atoms with Crippen LogP contribution in [-0.2, 0) is 12.6 Å². The van der Waals surface area contributed by atoms with Gasteiger partial charge in [0, 0.05) is 0 Å². The Morgan fingerprint density at radius 1 is 0.909 bits per heavy atom.